The molecular formula is C5H9NO5S. The fourth-order valence-electron chi connectivity index (χ4n) is 0.447. The molecule has 0 aromatic carbocycles. The van der Waals surface area contributed by atoms with Gasteiger partial charge in [-0.15, -0.1) is 0 Å². The van der Waals surface area contributed by atoms with Crippen molar-refractivity contribution in [2.75, 3.05) is 7.05 Å². The molecule has 2 N–H and O–H groups in total. The summed E-state index contributed by atoms with van der Waals surface area (Å²) >= 11 is 0. The summed E-state index contributed by atoms with van der Waals surface area (Å²) in [6, 6.07) is 0. The zero-order valence-electron chi connectivity index (χ0n) is 6.57. The second kappa shape index (κ2) is 4.07. The smallest absolute Gasteiger partial charge is 0.366 e. The maximum atomic E-state index is 10.6. The van der Waals surface area contributed by atoms with Crippen LogP contribution in [-0.2, 0) is 19.4 Å². The number of carbonyl (C=O) groups is 1. The van der Waals surface area contributed by atoms with Crippen LogP contribution in [0.15, 0.2) is 11.8 Å². The molecule has 0 aromatic rings. The Labute approximate surface area is 70.2 Å². The Balaban J connectivity index is 4.32. The van der Waals surface area contributed by atoms with Crippen molar-refractivity contribution < 1.29 is 21.9 Å². The second-order valence-corrected chi connectivity index (χ2v) is 2.90. The Morgan fingerprint density at radius 1 is 1.58 bits per heavy atom. The van der Waals surface area contributed by atoms with Gasteiger partial charge in [-0.05, 0) is 6.92 Å². The number of likely N-dealkylation sites (N-methyl/N-ethyl adjacent to an activating group) is 1. The molecule has 6 nitrogen and oxygen atoms in total. The van der Waals surface area contributed by atoms with E-state index >= 15 is 0 Å². The van der Waals surface area contributed by atoms with Crippen molar-refractivity contribution in [2.45, 2.75) is 6.92 Å². The van der Waals surface area contributed by atoms with E-state index in [1.807, 2.05) is 0 Å². The molecule has 0 aliphatic heterocycles. The molecule has 0 fully saturated rings. The van der Waals surface area contributed by atoms with Crippen LogP contribution in [-0.4, -0.2) is 25.9 Å². The van der Waals surface area contributed by atoms with Gasteiger partial charge in [0.25, 0.3) is 0 Å². The van der Waals surface area contributed by atoms with Crippen molar-refractivity contribution >= 4 is 16.3 Å². The fraction of sp³-hybridized carbons (Fsp3) is 0.400. The van der Waals surface area contributed by atoms with Gasteiger partial charge in [-0.3, -0.25) is 9.35 Å². The Kier molecular flexibility index (Phi) is 3.71. The molecule has 0 saturated heterocycles. The van der Waals surface area contributed by atoms with Crippen LogP contribution in [0.1, 0.15) is 6.92 Å². The van der Waals surface area contributed by atoms with Crippen LogP contribution < -0.4 is 5.32 Å². The average molecular weight is 195 g/mol. The maximum Gasteiger partial charge on any atom is 0.446 e. The lowest BCUT2D eigenvalue weighted by Crippen LogP contribution is -2.15. The van der Waals surface area contributed by atoms with E-state index in [4.69, 9.17) is 4.55 Å². The normalized spacial score (nSPS) is 12.4. The molecule has 0 aromatic heterocycles. The number of carbonyl (C=O) groups excluding carboxylic acids is 1. The first kappa shape index (κ1) is 10.9. The van der Waals surface area contributed by atoms with Gasteiger partial charge in [-0.2, -0.15) is 8.42 Å². The minimum atomic E-state index is -4.53. The summed E-state index contributed by atoms with van der Waals surface area (Å²) in [4.78, 5) is 10.6. The molecule has 0 rings (SSSR count). The Morgan fingerprint density at radius 3 is 2.42 bits per heavy atom. The predicted octanol–water partition coefficient (Wildman–Crippen LogP) is -0.544. The van der Waals surface area contributed by atoms with Crippen molar-refractivity contribution in [3.05, 3.63) is 11.8 Å². The summed E-state index contributed by atoms with van der Waals surface area (Å²) in [6.07, 6.45) is 0.897. The lowest BCUT2D eigenvalue weighted by molar-refractivity contribution is -0.116. The van der Waals surface area contributed by atoms with E-state index in [0.717, 1.165) is 6.08 Å². The summed E-state index contributed by atoms with van der Waals surface area (Å²) in [5.41, 5.74) is 0. The molecule has 0 saturated carbocycles. The first-order valence-electron chi connectivity index (χ1n) is 2.92. The van der Waals surface area contributed by atoms with E-state index in [0.29, 0.717) is 0 Å². The molecular weight excluding hydrogens is 186 g/mol. The molecule has 0 heterocycles. The monoisotopic (exact) mass is 195 g/mol. The Bertz CT molecular complexity index is 291. The van der Waals surface area contributed by atoms with Crippen molar-refractivity contribution in [3.8, 4) is 0 Å². The highest BCUT2D eigenvalue weighted by Crippen LogP contribution is 1.99. The molecule has 12 heavy (non-hydrogen) atoms. The number of allylic oxidation sites excluding steroid dienone is 1. The number of amides is 1. The molecule has 70 valence electrons. The van der Waals surface area contributed by atoms with Gasteiger partial charge in [0.15, 0.2) is 0 Å². The highest BCUT2D eigenvalue weighted by Gasteiger charge is 2.06. The van der Waals surface area contributed by atoms with Gasteiger partial charge in [0.2, 0.25) is 5.91 Å². The van der Waals surface area contributed by atoms with Crippen LogP contribution >= 0.6 is 0 Å². The zero-order valence-corrected chi connectivity index (χ0v) is 7.38. The molecule has 0 spiro atoms. The molecule has 0 bridgehead atoms. The van der Waals surface area contributed by atoms with Gasteiger partial charge < -0.3 is 9.50 Å². The molecule has 0 unspecified atom stereocenters. The summed E-state index contributed by atoms with van der Waals surface area (Å²) < 4.78 is 32.2. The molecule has 1 amide bonds. The van der Waals surface area contributed by atoms with E-state index in [2.05, 4.69) is 9.50 Å². The standard InChI is InChI=1S/C5H9NO5S/c1-4(3-5(7)6-2)11-12(8,9)10/h3H,1-2H3,(H,6,7)(H,8,9,10). The third-order valence-electron chi connectivity index (χ3n) is 0.818. The number of nitrogens with one attached hydrogen (secondary N) is 1. The van der Waals surface area contributed by atoms with Crippen LogP contribution in [0.3, 0.4) is 0 Å². The molecule has 0 aliphatic rings. The highest BCUT2D eigenvalue weighted by atomic mass is 32.3. The van der Waals surface area contributed by atoms with Crippen LogP contribution in [0, 0.1) is 0 Å². The van der Waals surface area contributed by atoms with Crippen molar-refractivity contribution in [2.24, 2.45) is 0 Å². The fourth-order valence-corrected chi connectivity index (χ4v) is 0.827. The van der Waals surface area contributed by atoms with Gasteiger partial charge in [0.05, 0.1) is 0 Å². The zero-order chi connectivity index (χ0) is 9.78. The van der Waals surface area contributed by atoms with Crippen molar-refractivity contribution in [3.63, 3.8) is 0 Å². The topological polar surface area (TPSA) is 92.7 Å². The molecule has 0 atom stereocenters. The number of rotatable bonds is 3. The number of hydrogen-bond acceptors (Lipinski definition) is 4. The van der Waals surface area contributed by atoms with Crippen molar-refractivity contribution in [1.29, 1.82) is 0 Å². The lowest BCUT2D eigenvalue weighted by Gasteiger charge is -1.99. The summed E-state index contributed by atoms with van der Waals surface area (Å²) in [6.45, 7) is 1.23. The van der Waals surface area contributed by atoms with Crippen LogP contribution in [0.25, 0.3) is 0 Å². The predicted molar refractivity (Wildman–Crippen MR) is 40.5 cm³/mol. The van der Waals surface area contributed by atoms with Gasteiger partial charge in [0.1, 0.15) is 5.76 Å². The van der Waals surface area contributed by atoms with Gasteiger partial charge in [-0.1, -0.05) is 0 Å². The Hall–Kier alpha value is -1.08. The summed E-state index contributed by atoms with van der Waals surface area (Å²) in [5, 5.41) is 2.21. The third kappa shape index (κ3) is 5.69. The quantitative estimate of drug-likeness (QED) is 0.358. The maximum absolute atomic E-state index is 10.6. The SMILES string of the molecule is CNC(=O)C=C(C)OS(=O)(=O)O. The van der Waals surface area contributed by atoms with E-state index in [1.165, 1.54) is 14.0 Å². The lowest BCUT2D eigenvalue weighted by atomic mass is 10.5. The summed E-state index contributed by atoms with van der Waals surface area (Å²) in [5.74, 6) is -0.729. The van der Waals surface area contributed by atoms with Gasteiger partial charge in [0, 0.05) is 13.1 Å². The van der Waals surface area contributed by atoms with Crippen LogP contribution in [0.5, 0.6) is 0 Å². The van der Waals surface area contributed by atoms with E-state index < -0.39 is 16.3 Å². The average Bonchev–Trinajstić information content (AvgIpc) is 1.82. The van der Waals surface area contributed by atoms with Crippen LogP contribution in [0.2, 0.25) is 0 Å². The summed E-state index contributed by atoms with van der Waals surface area (Å²) in [7, 11) is -3.15. The van der Waals surface area contributed by atoms with Gasteiger partial charge >= 0.3 is 10.4 Å². The van der Waals surface area contributed by atoms with E-state index in [1.54, 1.807) is 0 Å². The van der Waals surface area contributed by atoms with Gasteiger partial charge in [-0.25, -0.2) is 0 Å². The van der Waals surface area contributed by atoms with Crippen LogP contribution in [0.4, 0.5) is 0 Å². The van der Waals surface area contributed by atoms with Crippen molar-refractivity contribution in [1.82, 2.24) is 5.32 Å². The second-order valence-electron chi connectivity index (χ2n) is 1.88. The largest absolute Gasteiger partial charge is 0.446 e. The molecule has 7 heteroatoms. The highest BCUT2D eigenvalue weighted by molar-refractivity contribution is 7.81. The Morgan fingerprint density at radius 2 is 2.08 bits per heavy atom. The van der Waals surface area contributed by atoms with E-state index in [-0.39, 0.29) is 5.76 Å². The third-order valence-corrected chi connectivity index (χ3v) is 1.29. The first-order valence-corrected chi connectivity index (χ1v) is 4.28. The molecule has 0 radical (unpaired) electrons. The first-order chi connectivity index (χ1) is 5.35. The van der Waals surface area contributed by atoms with E-state index in [9.17, 15) is 13.2 Å². The molecule has 0 aliphatic carbocycles. The minimum Gasteiger partial charge on any atom is -0.366 e. The minimum absolute atomic E-state index is 0.211. The number of hydrogen-bond donors (Lipinski definition) is 2.